The van der Waals surface area contributed by atoms with Gasteiger partial charge in [0.2, 0.25) is 0 Å². The molecule has 0 aromatic heterocycles. The highest BCUT2D eigenvalue weighted by molar-refractivity contribution is 8.14. The molecule has 0 saturated heterocycles. The van der Waals surface area contributed by atoms with Gasteiger partial charge in [-0.2, -0.15) is 10.5 Å². The number of rotatable bonds is 1. The molecule has 0 radical (unpaired) electrons. The second kappa shape index (κ2) is 3.81. The van der Waals surface area contributed by atoms with E-state index < -0.39 is 11.6 Å². The fourth-order valence-corrected chi connectivity index (χ4v) is 1.60. The summed E-state index contributed by atoms with van der Waals surface area (Å²) < 4.78 is 25.2. The minimum absolute atomic E-state index is 0.0586. The number of hydrogen-bond acceptors (Lipinski definition) is 0. The lowest BCUT2D eigenvalue weighted by atomic mass is 10.2. The zero-order valence-corrected chi connectivity index (χ0v) is 7.79. The third kappa shape index (κ3) is 2.74. The second-order valence-electron chi connectivity index (χ2n) is 2.70. The lowest BCUT2D eigenvalue weighted by molar-refractivity contribution is 0.583. The maximum absolute atomic E-state index is 12.6. The van der Waals surface area contributed by atoms with Gasteiger partial charge in [-0.3, -0.25) is 0 Å². The van der Waals surface area contributed by atoms with E-state index in [1.54, 1.807) is 0 Å². The van der Waals surface area contributed by atoms with Crippen molar-refractivity contribution in [1.82, 2.24) is 0 Å². The summed E-state index contributed by atoms with van der Waals surface area (Å²) in [6.45, 7) is 0. The van der Waals surface area contributed by atoms with E-state index in [0.29, 0.717) is 5.56 Å². The summed E-state index contributed by atoms with van der Waals surface area (Å²) in [7, 11) is 0.0586. The summed E-state index contributed by atoms with van der Waals surface area (Å²) in [5.41, 5.74) is 0.612. The van der Waals surface area contributed by atoms with E-state index in [2.05, 4.69) is 0 Å². The Bertz CT molecular complexity index is 294. The van der Waals surface area contributed by atoms with Crippen molar-refractivity contribution < 1.29 is 8.78 Å². The number of hydrogen-bond donors (Lipinski definition) is 0. The first kappa shape index (κ1) is 9.39. The summed E-state index contributed by atoms with van der Waals surface area (Å²) in [4.78, 5) is 0. The van der Waals surface area contributed by atoms with Crippen molar-refractivity contribution in [3.8, 4) is 0 Å². The average molecular weight is 188 g/mol. The van der Waals surface area contributed by atoms with E-state index in [-0.39, 0.29) is 10.5 Å². The third-order valence-electron chi connectivity index (χ3n) is 1.26. The van der Waals surface area contributed by atoms with E-state index in [1.807, 2.05) is 17.9 Å². The van der Waals surface area contributed by atoms with Crippen LogP contribution in [0.1, 0.15) is 5.56 Å². The Balaban J connectivity index is 3.09. The molecule has 0 amide bonds. The first-order chi connectivity index (χ1) is 5.58. The molecule has 0 unspecified atom stereocenters. The van der Waals surface area contributed by atoms with E-state index in [9.17, 15) is 8.78 Å². The van der Waals surface area contributed by atoms with Crippen LogP contribution in [0.2, 0.25) is 0 Å². The minimum atomic E-state index is -0.522. The van der Waals surface area contributed by atoms with Gasteiger partial charge in [-0.05, 0) is 35.6 Å². The molecule has 66 valence electrons. The van der Waals surface area contributed by atoms with Crippen LogP contribution in [-0.2, 0) is 0 Å². The van der Waals surface area contributed by atoms with Crippen LogP contribution in [0, 0.1) is 11.6 Å². The topological polar surface area (TPSA) is 0 Å². The highest BCUT2D eigenvalue weighted by Gasteiger charge is 1.96. The molecule has 0 atom stereocenters. The molecule has 0 bridgehead atoms. The van der Waals surface area contributed by atoms with Crippen LogP contribution in [0.15, 0.2) is 18.2 Å². The summed E-state index contributed by atoms with van der Waals surface area (Å²) in [6.07, 6.45) is 3.98. The Morgan fingerprint density at radius 2 is 1.58 bits per heavy atom. The molecule has 12 heavy (non-hydrogen) atoms. The molecule has 3 heteroatoms. The van der Waals surface area contributed by atoms with Gasteiger partial charge in [0.1, 0.15) is 11.6 Å². The largest absolute Gasteiger partial charge is 0.207 e. The first-order valence-corrected chi connectivity index (χ1v) is 5.56. The lowest BCUT2D eigenvalue weighted by Crippen LogP contribution is -1.86. The van der Waals surface area contributed by atoms with Gasteiger partial charge in [0, 0.05) is 6.07 Å². The van der Waals surface area contributed by atoms with Gasteiger partial charge in [0.25, 0.3) is 0 Å². The fourth-order valence-electron chi connectivity index (χ4n) is 0.915. The molecule has 0 spiro atoms. The molecule has 1 aromatic rings. The predicted octanol–water partition coefficient (Wildman–Crippen LogP) is 2.64. The molecule has 0 N–H and O–H groups in total. The van der Waals surface area contributed by atoms with Gasteiger partial charge in [-0.15, -0.1) is 0 Å². The van der Waals surface area contributed by atoms with Gasteiger partial charge >= 0.3 is 0 Å². The molecule has 0 heterocycles. The van der Waals surface area contributed by atoms with Crippen molar-refractivity contribution in [3.05, 3.63) is 35.4 Å². The van der Waals surface area contributed by atoms with Gasteiger partial charge in [0.15, 0.2) is 0 Å². The van der Waals surface area contributed by atoms with Crippen LogP contribution in [0.3, 0.4) is 0 Å². The quantitative estimate of drug-likeness (QED) is 0.594. The molecule has 0 aliphatic carbocycles. The molecular weight excluding hydrogens is 178 g/mol. The molecule has 0 aliphatic heterocycles. The van der Waals surface area contributed by atoms with Crippen LogP contribution in [-0.4, -0.2) is 17.9 Å². The molecule has 0 saturated carbocycles. The van der Waals surface area contributed by atoms with Crippen molar-refractivity contribution in [2.24, 2.45) is 0 Å². The summed E-state index contributed by atoms with van der Waals surface area (Å²) in [5.74, 6) is -1.04. The molecular formula is C9H10F2S. The van der Waals surface area contributed by atoms with Crippen molar-refractivity contribution in [2.45, 2.75) is 0 Å². The van der Waals surface area contributed by atoms with E-state index in [4.69, 9.17) is 0 Å². The minimum Gasteiger partial charge on any atom is -0.207 e. The van der Waals surface area contributed by atoms with Gasteiger partial charge in [-0.25, -0.2) is 8.78 Å². The maximum Gasteiger partial charge on any atom is 0.126 e. The normalized spacial score (nSPS) is 10.4. The van der Waals surface area contributed by atoms with Gasteiger partial charge < -0.3 is 0 Å². The second-order valence-corrected chi connectivity index (χ2v) is 4.70. The maximum atomic E-state index is 12.6. The highest BCUT2D eigenvalue weighted by atomic mass is 32.2. The van der Waals surface area contributed by atoms with Crippen LogP contribution >= 0.6 is 10.5 Å². The zero-order valence-electron chi connectivity index (χ0n) is 6.97. The Hall–Kier alpha value is -0.700. The molecule has 0 nitrogen and oxygen atoms in total. The first-order valence-electron chi connectivity index (χ1n) is 3.45. The predicted molar refractivity (Wildman–Crippen MR) is 51.0 cm³/mol. The van der Waals surface area contributed by atoms with Crippen molar-refractivity contribution >= 4 is 15.9 Å². The van der Waals surface area contributed by atoms with Crippen molar-refractivity contribution in [3.63, 3.8) is 0 Å². The SMILES string of the molecule is CS(C)=Cc1cc(F)cc(F)c1. The Kier molecular flexibility index (Phi) is 2.98. The molecule has 1 aromatic carbocycles. The standard InChI is InChI=1S/C9H10F2S/c1-12(2)6-7-3-8(10)5-9(11)4-7/h3-6H,1-2H3. The zero-order chi connectivity index (χ0) is 9.14. The van der Waals surface area contributed by atoms with Crippen LogP contribution in [0.5, 0.6) is 0 Å². The van der Waals surface area contributed by atoms with E-state index >= 15 is 0 Å². The Morgan fingerprint density at radius 1 is 1.08 bits per heavy atom. The number of benzene rings is 1. The van der Waals surface area contributed by atoms with Crippen LogP contribution < -0.4 is 0 Å². The summed E-state index contributed by atoms with van der Waals surface area (Å²) in [5, 5.41) is 1.84. The van der Waals surface area contributed by atoms with E-state index in [0.717, 1.165) is 6.07 Å². The molecule has 0 fully saturated rings. The fraction of sp³-hybridized carbons (Fsp3) is 0.222. The Morgan fingerprint density at radius 3 is 2.00 bits per heavy atom. The van der Waals surface area contributed by atoms with Crippen molar-refractivity contribution in [1.29, 1.82) is 0 Å². The van der Waals surface area contributed by atoms with Crippen molar-refractivity contribution in [2.75, 3.05) is 12.5 Å². The van der Waals surface area contributed by atoms with Gasteiger partial charge in [-0.1, -0.05) is 0 Å². The smallest absolute Gasteiger partial charge is 0.126 e. The van der Waals surface area contributed by atoms with Gasteiger partial charge in [0.05, 0.1) is 0 Å². The molecule has 0 aliphatic rings. The Labute approximate surface area is 73.2 Å². The van der Waals surface area contributed by atoms with Crippen LogP contribution in [0.4, 0.5) is 8.78 Å². The van der Waals surface area contributed by atoms with E-state index in [1.165, 1.54) is 12.1 Å². The summed E-state index contributed by atoms with van der Waals surface area (Å²) >= 11 is 0. The van der Waals surface area contributed by atoms with Crippen LogP contribution in [0.25, 0.3) is 0 Å². The third-order valence-corrected chi connectivity index (χ3v) is 2.00. The molecule has 1 rings (SSSR count). The summed E-state index contributed by atoms with van der Waals surface area (Å²) in [6, 6.07) is 3.53. The highest BCUT2D eigenvalue weighted by Crippen LogP contribution is 2.09. The average Bonchev–Trinajstić information content (AvgIpc) is 1.81. The number of halogens is 2. The monoisotopic (exact) mass is 188 g/mol. The lowest BCUT2D eigenvalue weighted by Gasteiger charge is -1.96.